The Morgan fingerprint density at radius 1 is 1.33 bits per heavy atom. The molecule has 3 heterocycles. The molecule has 2 aromatic rings. The molecule has 3 atom stereocenters. The monoisotopic (exact) mass is 284 g/mol. The molecule has 0 unspecified atom stereocenters. The second-order valence-electron chi connectivity index (χ2n) is 6.83. The Balaban J connectivity index is 1.82. The van der Waals surface area contributed by atoms with Gasteiger partial charge in [-0.3, -0.25) is 0 Å². The molecule has 4 rings (SSSR count). The first kappa shape index (κ1) is 13.0. The molecule has 2 aliphatic rings. The van der Waals surface area contributed by atoms with Crippen LogP contribution < -0.4 is 0 Å². The summed E-state index contributed by atoms with van der Waals surface area (Å²) in [6, 6.07) is 8.50. The first-order valence-corrected chi connectivity index (χ1v) is 7.46. The Hall–Kier alpha value is -1.65. The fourth-order valence-corrected chi connectivity index (χ4v) is 3.79. The predicted molar refractivity (Wildman–Crippen MR) is 79.9 cm³/mol. The van der Waals surface area contributed by atoms with Crippen molar-refractivity contribution in [2.75, 3.05) is 13.2 Å². The predicted octanol–water partition coefficient (Wildman–Crippen LogP) is 2.49. The number of aromatic nitrogens is 2. The average molecular weight is 284 g/mol. The van der Waals surface area contributed by atoms with Gasteiger partial charge in [-0.1, -0.05) is 38.1 Å². The van der Waals surface area contributed by atoms with E-state index in [0.717, 1.165) is 5.69 Å². The number of hydrogen-bond acceptors (Lipinski definition) is 3. The highest BCUT2D eigenvalue weighted by Gasteiger charge is 2.45. The molecular formula is C17H20N2O2. The van der Waals surface area contributed by atoms with E-state index < -0.39 is 6.10 Å². The highest BCUT2D eigenvalue weighted by atomic mass is 16.5. The summed E-state index contributed by atoms with van der Waals surface area (Å²) < 4.78 is 7.98. The lowest BCUT2D eigenvalue weighted by Gasteiger charge is -2.43. The molecule has 1 aromatic carbocycles. The zero-order valence-corrected chi connectivity index (χ0v) is 12.4. The van der Waals surface area contributed by atoms with Gasteiger partial charge >= 0.3 is 0 Å². The van der Waals surface area contributed by atoms with E-state index in [1.54, 1.807) is 0 Å². The molecule has 1 aromatic heterocycles. The van der Waals surface area contributed by atoms with Crippen molar-refractivity contribution in [3.8, 4) is 11.3 Å². The zero-order valence-electron chi connectivity index (χ0n) is 12.4. The second-order valence-corrected chi connectivity index (χ2v) is 6.83. The number of fused-ring (bicyclic) bond motifs is 3. The molecule has 0 amide bonds. The van der Waals surface area contributed by atoms with Crippen LogP contribution in [0.15, 0.2) is 36.8 Å². The number of rotatable bonds is 1. The molecule has 110 valence electrons. The molecule has 1 saturated heterocycles. The third-order valence-electron chi connectivity index (χ3n) is 4.92. The van der Waals surface area contributed by atoms with Gasteiger partial charge in [0.15, 0.2) is 0 Å². The Bertz CT molecular complexity index is 677. The molecule has 0 aliphatic carbocycles. The van der Waals surface area contributed by atoms with Crippen molar-refractivity contribution in [3.63, 3.8) is 0 Å². The SMILES string of the molecule is CC1(C)COC[C@H]([C@H]2c3ccccc3-c3cncn32)[C@@H]1O. The normalized spacial score (nSPS) is 30.0. The third-order valence-corrected chi connectivity index (χ3v) is 4.92. The van der Waals surface area contributed by atoms with Gasteiger partial charge < -0.3 is 14.4 Å². The van der Waals surface area contributed by atoms with Crippen LogP contribution in [0.5, 0.6) is 0 Å². The van der Waals surface area contributed by atoms with Gasteiger partial charge in [0, 0.05) is 16.9 Å². The van der Waals surface area contributed by atoms with E-state index in [9.17, 15) is 5.11 Å². The fraction of sp³-hybridized carbons (Fsp3) is 0.471. The maximum atomic E-state index is 10.8. The topological polar surface area (TPSA) is 47.3 Å². The van der Waals surface area contributed by atoms with Crippen LogP contribution in [0.4, 0.5) is 0 Å². The molecular weight excluding hydrogens is 264 g/mol. The summed E-state index contributed by atoms with van der Waals surface area (Å²) in [5.41, 5.74) is 3.39. The van der Waals surface area contributed by atoms with E-state index in [1.807, 2.05) is 12.5 Å². The van der Waals surface area contributed by atoms with Gasteiger partial charge in [-0.2, -0.15) is 0 Å². The molecule has 21 heavy (non-hydrogen) atoms. The minimum Gasteiger partial charge on any atom is -0.392 e. The van der Waals surface area contributed by atoms with Crippen LogP contribution in [0, 0.1) is 11.3 Å². The number of aliphatic hydroxyl groups is 1. The Kier molecular flexibility index (Phi) is 2.75. The lowest BCUT2D eigenvalue weighted by molar-refractivity contribution is -0.129. The van der Waals surface area contributed by atoms with Crippen LogP contribution in [0.2, 0.25) is 0 Å². The lowest BCUT2D eigenvalue weighted by Crippen LogP contribution is -2.49. The van der Waals surface area contributed by atoms with Crippen molar-refractivity contribution >= 4 is 0 Å². The number of ether oxygens (including phenoxy) is 1. The highest BCUT2D eigenvalue weighted by Crippen LogP contribution is 2.47. The molecule has 4 heteroatoms. The molecule has 0 bridgehead atoms. The van der Waals surface area contributed by atoms with Crippen LogP contribution in [-0.4, -0.2) is 34.0 Å². The summed E-state index contributed by atoms with van der Waals surface area (Å²) in [4.78, 5) is 4.29. The van der Waals surface area contributed by atoms with Gasteiger partial charge in [0.05, 0.1) is 43.6 Å². The number of aliphatic hydroxyl groups excluding tert-OH is 1. The van der Waals surface area contributed by atoms with Gasteiger partial charge in [0.1, 0.15) is 0 Å². The Morgan fingerprint density at radius 2 is 2.14 bits per heavy atom. The van der Waals surface area contributed by atoms with Crippen molar-refractivity contribution in [1.29, 1.82) is 0 Å². The van der Waals surface area contributed by atoms with Gasteiger partial charge in [-0.25, -0.2) is 4.98 Å². The van der Waals surface area contributed by atoms with Crippen molar-refractivity contribution in [1.82, 2.24) is 9.55 Å². The molecule has 1 fully saturated rings. The number of hydrogen-bond donors (Lipinski definition) is 1. The molecule has 0 spiro atoms. The molecule has 0 radical (unpaired) electrons. The number of benzene rings is 1. The van der Waals surface area contributed by atoms with Gasteiger partial charge in [0.2, 0.25) is 0 Å². The van der Waals surface area contributed by atoms with Crippen molar-refractivity contribution in [2.45, 2.75) is 26.0 Å². The Labute approximate surface area is 124 Å². The van der Waals surface area contributed by atoms with Crippen LogP contribution >= 0.6 is 0 Å². The third kappa shape index (κ3) is 1.79. The first-order chi connectivity index (χ1) is 10.1. The van der Waals surface area contributed by atoms with E-state index in [-0.39, 0.29) is 17.4 Å². The highest BCUT2D eigenvalue weighted by molar-refractivity contribution is 5.69. The zero-order chi connectivity index (χ0) is 14.6. The second kappa shape index (κ2) is 4.42. The smallest absolute Gasteiger partial charge is 0.0956 e. The van der Waals surface area contributed by atoms with Gasteiger partial charge in [-0.15, -0.1) is 0 Å². The summed E-state index contributed by atoms with van der Waals surface area (Å²) in [7, 11) is 0. The molecule has 1 N–H and O–H groups in total. The maximum Gasteiger partial charge on any atom is 0.0956 e. The van der Waals surface area contributed by atoms with Gasteiger partial charge in [-0.05, 0) is 5.56 Å². The fourth-order valence-electron chi connectivity index (χ4n) is 3.79. The van der Waals surface area contributed by atoms with Crippen LogP contribution in [-0.2, 0) is 4.74 Å². The standard InChI is InChI=1S/C17H20N2O2/c1-17(2)9-21-8-13(16(17)20)15-12-6-4-3-5-11(12)14-7-18-10-19(14)15/h3-7,10,13,15-16,20H,8-9H2,1-2H3/t13-,15-,16+/m1/s1. The van der Waals surface area contributed by atoms with E-state index >= 15 is 0 Å². The van der Waals surface area contributed by atoms with Crippen molar-refractivity contribution in [3.05, 3.63) is 42.4 Å². The van der Waals surface area contributed by atoms with Crippen molar-refractivity contribution < 1.29 is 9.84 Å². The summed E-state index contributed by atoms with van der Waals surface area (Å²) in [5, 5.41) is 10.8. The van der Waals surface area contributed by atoms with E-state index in [1.165, 1.54) is 11.1 Å². The number of imidazole rings is 1. The Morgan fingerprint density at radius 3 is 3.00 bits per heavy atom. The lowest BCUT2D eigenvalue weighted by atomic mass is 9.74. The quantitative estimate of drug-likeness (QED) is 0.875. The molecule has 4 nitrogen and oxygen atoms in total. The minimum atomic E-state index is -0.391. The summed E-state index contributed by atoms with van der Waals surface area (Å²) in [6.07, 6.45) is 3.38. The summed E-state index contributed by atoms with van der Waals surface area (Å²) in [6.45, 7) is 5.33. The van der Waals surface area contributed by atoms with Crippen LogP contribution in [0.25, 0.3) is 11.3 Å². The molecule has 0 saturated carbocycles. The first-order valence-electron chi connectivity index (χ1n) is 7.46. The maximum absolute atomic E-state index is 10.8. The van der Waals surface area contributed by atoms with E-state index in [4.69, 9.17) is 4.74 Å². The van der Waals surface area contributed by atoms with E-state index in [2.05, 4.69) is 47.7 Å². The minimum absolute atomic E-state index is 0.0466. The summed E-state index contributed by atoms with van der Waals surface area (Å²) >= 11 is 0. The van der Waals surface area contributed by atoms with Gasteiger partial charge in [0.25, 0.3) is 0 Å². The largest absolute Gasteiger partial charge is 0.392 e. The molecule has 2 aliphatic heterocycles. The van der Waals surface area contributed by atoms with E-state index in [0.29, 0.717) is 13.2 Å². The summed E-state index contributed by atoms with van der Waals surface area (Å²) in [5.74, 6) is 0.0466. The van der Waals surface area contributed by atoms with Crippen LogP contribution in [0.3, 0.4) is 0 Å². The van der Waals surface area contributed by atoms with Crippen molar-refractivity contribution in [2.24, 2.45) is 11.3 Å². The number of nitrogens with zero attached hydrogens (tertiary/aromatic N) is 2. The van der Waals surface area contributed by atoms with Crippen LogP contribution in [0.1, 0.15) is 25.5 Å². The average Bonchev–Trinajstić information content (AvgIpc) is 3.03.